The first-order valence-corrected chi connectivity index (χ1v) is 10.9. The Morgan fingerprint density at radius 1 is 1.13 bits per heavy atom. The van der Waals surface area contributed by atoms with Crippen LogP contribution in [0.15, 0.2) is 60.8 Å². The molecule has 1 amide bonds. The number of halogens is 2. The van der Waals surface area contributed by atoms with Crippen LogP contribution in [0.25, 0.3) is 0 Å². The number of piperidine rings is 1. The molecule has 1 N–H and O–H groups in total. The molecule has 31 heavy (non-hydrogen) atoms. The minimum Gasteiger partial charge on any atom is -0.380 e. The molecule has 1 fully saturated rings. The third-order valence-corrected chi connectivity index (χ3v) is 6.31. The molecule has 6 heteroatoms. The zero-order chi connectivity index (χ0) is 21.8. The monoisotopic (exact) mass is 437 g/mol. The summed E-state index contributed by atoms with van der Waals surface area (Å²) in [6, 6.07) is 16.7. The maximum atomic E-state index is 13.3. The number of aromatic nitrogens is 1. The maximum Gasteiger partial charge on any atom is 0.257 e. The summed E-state index contributed by atoms with van der Waals surface area (Å²) >= 11 is 6.25. The molecule has 1 aliphatic rings. The van der Waals surface area contributed by atoms with Crippen LogP contribution in [-0.2, 0) is 6.54 Å². The van der Waals surface area contributed by atoms with Gasteiger partial charge in [-0.3, -0.25) is 4.79 Å². The lowest BCUT2D eigenvalue weighted by atomic mass is 9.89. The van der Waals surface area contributed by atoms with Crippen LogP contribution in [0.2, 0.25) is 5.15 Å². The summed E-state index contributed by atoms with van der Waals surface area (Å²) in [5.74, 6) is 0.0725. The van der Waals surface area contributed by atoms with E-state index >= 15 is 0 Å². The van der Waals surface area contributed by atoms with Gasteiger partial charge in [-0.15, -0.1) is 0 Å². The molecule has 1 aliphatic heterocycles. The Morgan fingerprint density at radius 2 is 1.81 bits per heavy atom. The summed E-state index contributed by atoms with van der Waals surface area (Å²) < 4.78 is 13.2. The summed E-state index contributed by atoms with van der Waals surface area (Å²) in [6.45, 7) is 3.77. The van der Waals surface area contributed by atoms with Gasteiger partial charge in [-0.25, -0.2) is 9.37 Å². The molecule has 160 valence electrons. The topological polar surface area (TPSA) is 45.2 Å². The number of pyridine rings is 1. The highest BCUT2D eigenvalue weighted by atomic mass is 35.5. The van der Waals surface area contributed by atoms with Crippen LogP contribution >= 0.6 is 11.6 Å². The van der Waals surface area contributed by atoms with Crippen molar-refractivity contribution in [2.24, 2.45) is 0 Å². The van der Waals surface area contributed by atoms with E-state index in [0.717, 1.165) is 35.2 Å². The van der Waals surface area contributed by atoms with Gasteiger partial charge in [-0.05, 0) is 48.9 Å². The largest absolute Gasteiger partial charge is 0.380 e. The second kappa shape index (κ2) is 9.48. The van der Waals surface area contributed by atoms with Gasteiger partial charge in [-0.1, -0.05) is 54.1 Å². The van der Waals surface area contributed by atoms with E-state index < -0.39 is 0 Å². The fourth-order valence-electron chi connectivity index (χ4n) is 4.09. The molecule has 2 aromatic carbocycles. The van der Waals surface area contributed by atoms with E-state index in [4.69, 9.17) is 11.6 Å². The SMILES string of the molecule is Cc1c(Cl)ncc(C(=O)N2CCC(c3ccc(F)cc3)CC2)c1NCc1ccccc1. The third-order valence-electron chi connectivity index (χ3n) is 5.93. The van der Waals surface area contributed by atoms with Gasteiger partial charge in [0.25, 0.3) is 5.91 Å². The molecule has 2 heterocycles. The average Bonchev–Trinajstić information content (AvgIpc) is 2.81. The Morgan fingerprint density at radius 3 is 2.48 bits per heavy atom. The third kappa shape index (κ3) is 4.88. The van der Waals surface area contributed by atoms with Crippen LogP contribution < -0.4 is 5.32 Å². The van der Waals surface area contributed by atoms with Gasteiger partial charge >= 0.3 is 0 Å². The second-order valence-electron chi connectivity index (χ2n) is 7.92. The molecule has 0 radical (unpaired) electrons. The fourth-order valence-corrected chi connectivity index (χ4v) is 4.23. The van der Waals surface area contributed by atoms with Crippen molar-refractivity contribution in [3.63, 3.8) is 0 Å². The van der Waals surface area contributed by atoms with Crippen LogP contribution in [0.3, 0.4) is 0 Å². The molecule has 0 spiro atoms. The molecule has 3 aromatic rings. The Hall–Kier alpha value is -2.92. The average molecular weight is 438 g/mol. The summed E-state index contributed by atoms with van der Waals surface area (Å²) in [5.41, 5.74) is 4.29. The molecule has 4 nitrogen and oxygen atoms in total. The molecule has 1 saturated heterocycles. The first-order valence-electron chi connectivity index (χ1n) is 10.5. The summed E-state index contributed by atoms with van der Waals surface area (Å²) in [5, 5.41) is 3.78. The molecule has 0 atom stereocenters. The molecule has 0 aliphatic carbocycles. The van der Waals surface area contributed by atoms with Crippen molar-refractivity contribution in [1.82, 2.24) is 9.88 Å². The fraction of sp³-hybridized carbons (Fsp3) is 0.280. The van der Waals surface area contributed by atoms with Crippen molar-refractivity contribution >= 4 is 23.2 Å². The number of rotatable bonds is 5. The standard InChI is InChI=1S/C25H25ClFN3O/c1-17-23(28-15-18-5-3-2-4-6-18)22(16-29-24(17)26)25(31)30-13-11-20(12-14-30)19-7-9-21(27)10-8-19/h2-10,16,20H,11-15H2,1H3,(H,28,29). The lowest BCUT2D eigenvalue weighted by molar-refractivity contribution is 0.0713. The van der Waals surface area contributed by atoms with Gasteiger partial charge in [-0.2, -0.15) is 0 Å². The molecule has 0 saturated carbocycles. The van der Waals surface area contributed by atoms with Crippen molar-refractivity contribution in [2.45, 2.75) is 32.2 Å². The van der Waals surface area contributed by atoms with E-state index in [1.54, 1.807) is 6.20 Å². The Labute approximate surface area is 187 Å². The molecular formula is C25H25ClFN3O. The maximum absolute atomic E-state index is 13.3. The Balaban J connectivity index is 1.48. The van der Waals surface area contributed by atoms with Gasteiger partial charge in [0, 0.05) is 31.4 Å². The van der Waals surface area contributed by atoms with Crippen molar-refractivity contribution in [1.29, 1.82) is 0 Å². The predicted molar refractivity (Wildman–Crippen MR) is 122 cm³/mol. The molecule has 1 aromatic heterocycles. The van der Waals surface area contributed by atoms with E-state index in [2.05, 4.69) is 10.3 Å². The Kier molecular flexibility index (Phi) is 6.52. The van der Waals surface area contributed by atoms with Gasteiger partial charge in [0.1, 0.15) is 11.0 Å². The van der Waals surface area contributed by atoms with E-state index in [9.17, 15) is 9.18 Å². The molecular weight excluding hydrogens is 413 g/mol. The predicted octanol–water partition coefficient (Wildman–Crippen LogP) is 5.81. The van der Waals surface area contributed by atoms with E-state index in [1.165, 1.54) is 12.1 Å². The van der Waals surface area contributed by atoms with Crippen LogP contribution in [-0.4, -0.2) is 28.9 Å². The van der Waals surface area contributed by atoms with E-state index in [0.29, 0.717) is 36.3 Å². The van der Waals surface area contributed by atoms with Gasteiger partial charge in [0.05, 0.1) is 11.3 Å². The normalized spacial score (nSPS) is 14.5. The number of nitrogens with zero attached hydrogens (tertiary/aromatic N) is 2. The number of carbonyl (C=O) groups is 1. The zero-order valence-corrected chi connectivity index (χ0v) is 18.2. The first-order chi connectivity index (χ1) is 15.0. The molecule has 0 bridgehead atoms. The first kappa shape index (κ1) is 21.3. The molecule has 4 rings (SSSR count). The lowest BCUT2D eigenvalue weighted by Crippen LogP contribution is -2.38. The van der Waals surface area contributed by atoms with Crippen LogP contribution in [0, 0.1) is 12.7 Å². The number of likely N-dealkylation sites (tertiary alicyclic amines) is 1. The minimum atomic E-state index is -0.225. The van der Waals surface area contributed by atoms with Gasteiger partial charge in [0.15, 0.2) is 0 Å². The highest BCUT2D eigenvalue weighted by Gasteiger charge is 2.27. The molecule has 0 unspecified atom stereocenters. The highest BCUT2D eigenvalue weighted by molar-refractivity contribution is 6.30. The summed E-state index contributed by atoms with van der Waals surface area (Å²) in [4.78, 5) is 19.4. The van der Waals surface area contributed by atoms with Gasteiger partial charge < -0.3 is 10.2 Å². The van der Waals surface area contributed by atoms with Crippen molar-refractivity contribution in [2.75, 3.05) is 18.4 Å². The summed E-state index contributed by atoms with van der Waals surface area (Å²) in [7, 11) is 0. The number of carbonyl (C=O) groups excluding carboxylic acids is 1. The van der Waals surface area contributed by atoms with E-state index in [-0.39, 0.29) is 11.7 Å². The number of amides is 1. The number of benzene rings is 2. The zero-order valence-electron chi connectivity index (χ0n) is 17.4. The minimum absolute atomic E-state index is 0.0413. The quantitative estimate of drug-likeness (QED) is 0.512. The van der Waals surface area contributed by atoms with Crippen molar-refractivity contribution in [3.05, 3.63) is 94.0 Å². The van der Waals surface area contributed by atoms with Gasteiger partial charge in [0.2, 0.25) is 0 Å². The number of hydrogen-bond acceptors (Lipinski definition) is 3. The van der Waals surface area contributed by atoms with E-state index in [1.807, 2.05) is 54.3 Å². The van der Waals surface area contributed by atoms with Crippen molar-refractivity contribution < 1.29 is 9.18 Å². The van der Waals surface area contributed by atoms with Crippen LogP contribution in [0.5, 0.6) is 0 Å². The number of nitrogens with one attached hydrogen (secondary N) is 1. The number of hydrogen-bond donors (Lipinski definition) is 1. The smallest absolute Gasteiger partial charge is 0.257 e. The van der Waals surface area contributed by atoms with Crippen LogP contribution in [0.4, 0.5) is 10.1 Å². The van der Waals surface area contributed by atoms with Crippen molar-refractivity contribution in [3.8, 4) is 0 Å². The number of anilines is 1. The second-order valence-corrected chi connectivity index (χ2v) is 8.28. The Bertz CT molecular complexity index is 1050. The van der Waals surface area contributed by atoms with Crippen LogP contribution in [0.1, 0.15) is 45.8 Å². The summed E-state index contributed by atoms with van der Waals surface area (Å²) in [6.07, 6.45) is 3.27. The lowest BCUT2D eigenvalue weighted by Gasteiger charge is -2.33. The highest BCUT2D eigenvalue weighted by Crippen LogP contribution is 2.31.